The fraction of sp³-hybridized carbons (Fsp3) is 0.684. The molecule has 0 radical (unpaired) electrons. The van der Waals surface area contributed by atoms with Crippen molar-refractivity contribution in [3.05, 3.63) is 23.4 Å². The van der Waals surface area contributed by atoms with E-state index in [0.29, 0.717) is 26.2 Å². The maximum absolute atomic E-state index is 12.6. The third-order valence-electron chi connectivity index (χ3n) is 5.30. The van der Waals surface area contributed by atoms with Crippen molar-refractivity contribution in [3.63, 3.8) is 0 Å². The van der Waals surface area contributed by atoms with Crippen LogP contribution in [0.1, 0.15) is 44.4 Å². The first-order valence-corrected chi connectivity index (χ1v) is 9.39. The van der Waals surface area contributed by atoms with Crippen molar-refractivity contribution >= 4 is 11.8 Å². The minimum atomic E-state index is -0.234. The molecule has 0 aliphatic carbocycles. The maximum atomic E-state index is 12.6. The number of nitrogens with one attached hydrogen (secondary N) is 1. The van der Waals surface area contributed by atoms with E-state index < -0.39 is 0 Å². The molecule has 6 nitrogen and oxygen atoms in total. The number of hydrogen-bond donors (Lipinski definition) is 1. The zero-order valence-corrected chi connectivity index (χ0v) is 15.7. The number of amides is 2. The van der Waals surface area contributed by atoms with Gasteiger partial charge in [0.1, 0.15) is 5.82 Å². The fourth-order valence-electron chi connectivity index (χ4n) is 3.51. The smallest absolute Gasteiger partial charge is 0.317 e. The minimum Gasteiger partial charge on any atom is -0.372 e. The van der Waals surface area contributed by atoms with E-state index in [1.807, 2.05) is 17.9 Å². The molecule has 6 heteroatoms. The van der Waals surface area contributed by atoms with Gasteiger partial charge in [-0.25, -0.2) is 9.78 Å². The molecule has 2 amide bonds. The van der Waals surface area contributed by atoms with E-state index in [9.17, 15) is 4.79 Å². The average molecular weight is 346 g/mol. The zero-order valence-electron chi connectivity index (χ0n) is 15.7. The lowest BCUT2D eigenvalue weighted by Crippen LogP contribution is -2.54. The first-order chi connectivity index (χ1) is 12.0. The summed E-state index contributed by atoms with van der Waals surface area (Å²) in [6, 6.07) is 4.09. The van der Waals surface area contributed by atoms with E-state index in [4.69, 9.17) is 9.72 Å². The van der Waals surface area contributed by atoms with Gasteiger partial charge in [0.15, 0.2) is 0 Å². The SMILES string of the molecule is CC[C@@]1(C)CN(C(=O)NCc2ccc(C)nc2N2CCCC2)CCO1. The normalized spacial score (nSPS) is 23.8. The van der Waals surface area contributed by atoms with Crippen molar-refractivity contribution in [3.8, 4) is 0 Å². The Morgan fingerprint density at radius 1 is 1.32 bits per heavy atom. The molecule has 3 heterocycles. The summed E-state index contributed by atoms with van der Waals surface area (Å²) < 4.78 is 5.82. The number of aromatic nitrogens is 1. The van der Waals surface area contributed by atoms with Gasteiger partial charge in [-0.1, -0.05) is 13.0 Å². The summed E-state index contributed by atoms with van der Waals surface area (Å²) in [4.78, 5) is 21.5. The number of morpholine rings is 1. The monoisotopic (exact) mass is 346 g/mol. The maximum Gasteiger partial charge on any atom is 0.317 e. The topological polar surface area (TPSA) is 57.7 Å². The molecule has 2 aliphatic rings. The second-order valence-corrected chi connectivity index (χ2v) is 7.36. The molecule has 1 atom stereocenters. The summed E-state index contributed by atoms with van der Waals surface area (Å²) in [5.74, 6) is 1.03. The van der Waals surface area contributed by atoms with Crippen LogP contribution in [0, 0.1) is 6.92 Å². The van der Waals surface area contributed by atoms with Gasteiger partial charge in [-0.3, -0.25) is 0 Å². The van der Waals surface area contributed by atoms with Gasteiger partial charge < -0.3 is 19.9 Å². The van der Waals surface area contributed by atoms with E-state index in [1.165, 1.54) is 12.8 Å². The summed E-state index contributed by atoms with van der Waals surface area (Å²) in [6.07, 6.45) is 3.33. The predicted octanol–water partition coefficient (Wildman–Crippen LogP) is 2.70. The Hall–Kier alpha value is -1.82. The van der Waals surface area contributed by atoms with Gasteiger partial charge in [0, 0.05) is 37.4 Å². The van der Waals surface area contributed by atoms with Crippen LogP contribution >= 0.6 is 0 Å². The number of aryl methyl sites for hydroxylation is 1. The highest BCUT2D eigenvalue weighted by molar-refractivity contribution is 5.74. The molecule has 2 fully saturated rings. The van der Waals surface area contributed by atoms with Gasteiger partial charge in [-0.2, -0.15) is 0 Å². The van der Waals surface area contributed by atoms with Crippen LogP contribution in [0.25, 0.3) is 0 Å². The lowest BCUT2D eigenvalue weighted by atomic mass is 10.0. The Morgan fingerprint density at radius 2 is 2.08 bits per heavy atom. The highest BCUT2D eigenvalue weighted by Crippen LogP contribution is 2.24. The van der Waals surface area contributed by atoms with Crippen LogP contribution in [-0.2, 0) is 11.3 Å². The second kappa shape index (κ2) is 7.60. The number of pyridine rings is 1. The Kier molecular flexibility index (Phi) is 5.47. The molecule has 0 unspecified atom stereocenters. The van der Waals surface area contributed by atoms with Crippen molar-refractivity contribution in [2.24, 2.45) is 0 Å². The number of carbonyl (C=O) groups is 1. The van der Waals surface area contributed by atoms with Crippen molar-refractivity contribution in [2.45, 2.75) is 52.2 Å². The average Bonchev–Trinajstić information content (AvgIpc) is 3.15. The van der Waals surface area contributed by atoms with E-state index in [1.54, 1.807) is 0 Å². The molecule has 138 valence electrons. The van der Waals surface area contributed by atoms with Gasteiger partial charge in [0.05, 0.1) is 18.8 Å². The number of ether oxygens (including phenoxy) is 1. The number of anilines is 1. The second-order valence-electron chi connectivity index (χ2n) is 7.36. The van der Waals surface area contributed by atoms with Gasteiger partial charge in [0.2, 0.25) is 0 Å². The van der Waals surface area contributed by atoms with Crippen molar-refractivity contribution in [1.82, 2.24) is 15.2 Å². The molecule has 1 aromatic heterocycles. The Morgan fingerprint density at radius 3 is 2.80 bits per heavy atom. The molecule has 1 aromatic rings. The summed E-state index contributed by atoms with van der Waals surface area (Å²) >= 11 is 0. The third-order valence-corrected chi connectivity index (χ3v) is 5.30. The molecule has 0 saturated carbocycles. The molecule has 2 aliphatic heterocycles. The van der Waals surface area contributed by atoms with Crippen molar-refractivity contribution in [1.29, 1.82) is 0 Å². The highest BCUT2D eigenvalue weighted by atomic mass is 16.5. The number of hydrogen-bond acceptors (Lipinski definition) is 4. The summed E-state index contributed by atoms with van der Waals surface area (Å²) in [5, 5.41) is 3.08. The van der Waals surface area contributed by atoms with Crippen molar-refractivity contribution < 1.29 is 9.53 Å². The van der Waals surface area contributed by atoms with Crippen LogP contribution in [0.5, 0.6) is 0 Å². The van der Waals surface area contributed by atoms with E-state index in [-0.39, 0.29) is 11.6 Å². The molecule has 0 spiro atoms. The fourth-order valence-corrected chi connectivity index (χ4v) is 3.51. The molecular formula is C19H30N4O2. The van der Waals surface area contributed by atoms with Crippen LogP contribution in [0.3, 0.4) is 0 Å². The van der Waals surface area contributed by atoms with Crippen LogP contribution < -0.4 is 10.2 Å². The summed E-state index contributed by atoms with van der Waals surface area (Å²) in [6.45, 7) is 10.7. The number of rotatable bonds is 4. The molecule has 1 N–H and O–H groups in total. The number of urea groups is 1. The Balaban J connectivity index is 1.64. The lowest BCUT2D eigenvalue weighted by Gasteiger charge is -2.40. The lowest BCUT2D eigenvalue weighted by molar-refractivity contribution is -0.0872. The molecular weight excluding hydrogens is 316 g/mol. The number of carbonyl (C=O) groups excluding carboxylic acids is 1. The summed E-state index contributed by atoms with van der Waals surface area (Å²) in [7, 11) is 0. The minimum absolute atomic E-state index is 0.0177. The molecule has 25 heavy (non-hydrogen) atoms. The Labute approximate surface area is 150 Å². The quantitative estimate of drug-likeness (QED) is 0.911. The third kappa shape index (κ3) is 4.24. The number of nitrogens with zero attached hydrogens (tertiary/aromatic N) is 3. The van der Waals surface area contributed by atoms with Crippen molar-refractivity contribution in [2.75, 3.05) is 37.7 Å². The van der Waals surface area contributed by atoms with Gasteiger partial charge in [0.25, 0.3) is 0 Å². The first-order valence-electron chi connectivity index (χ1n) is 9.39. The largest absolute Gasteiger partial charge is 0.372 e. The van der Waals surface area contributed by atoms with Gasteiger partial charge in [-0.05, 0) is 39.2 Å². The molecule has 3 rings (SSSR count). The van der Waals surface area contributed by atoms with Crippen LogP contribution in [-0.4, -0.2) is 54.3 Å². The predicted molar refractivity (Wildman–Crippen MR) is 98.9 cm³/mol. The molecule has 0 bridgehead atoms. The van der Waals surface area contributed by atoms with E-state index >= 15 is 0 Å². The molecule has 2 saturated heterocycles. The van der Waals surface area contributed by atoms with Crippen LogP contribution in [0.15, 0.2) is 12.1 Å². The van der Waals surface area contributed by atoms with Crippen LogP contribution in [0.2, 0.25) is 0 Å². The van der Waals surface area contributed by atoms with E-state index in [2.05, 4.69) is 30.1 Å². The molecule has 0 aromatic carbocycles. The Bertz CT molecular complexity index is 615. The first kappa shape index (κ1) is 18.0. The van der Waals surface area contributed by atoms with Gasteiger partial charge in [-0.15, -0.1) is 0 Å². The highest BCUT2D eigenvalue weighted by Gasteiger charge is 2.32. The van der Waals surface area contributed by atoms with E-state index in [0.717, 1.165) is 36.6 Å². The van der Waals surface area contributed by atoms with Crippen LogP contribution in [0.4, 0.5) is 10.6 Å². The summed E-state index contributed by atoms with van der Waals surface area (Å²) in [5.41, 5.74) is 1.87. The zero-order chi connectivity index (χ0) is 17.9. The standard InChI is InChI=1S/C19H30N4O2/c1-4-19(3)14-23(11-12-25-19)18(24)20-13-16-8-7-15(2)21-17(16)22-9-5-6-10-22/h7-8H,4-6,9-14H2,1-3H3,(H,20,24)/t19-/m0/s1. The van der Waals surface area contributed by atoms with Gasteiger partial charge >= 0.3 is 6.03 Å².